The fraction of sp³-hybridized carbons (Fsp3) is 0.600. The van der Waals surface area contributed by atoms with Gasteiger partial charge in [-0.15, -0.1) is 0 Å². The molecule has 3 nitrogen and oxygen atoms in total. The summed E-state index contributed by atoms with van der Waals surface area (Å²) in [5.74, 6) is 7.48. The molecule has 0 amide bonds. The van der Waals surface area contributed by atoms with Crippen LogP contribution in [0.5, 0.6) is 5.75 Å². The van der Waals surface area contributed by atoms with Crippen molar-refractivity contribution in [3.8, 4) is 5.75 Å². The molecule has 1 unspecified atom stereocenters. The molecule has 0 saturated heterocycles. The minimum absolute atomic E-state index is 0.198. The maximum absolute atomic E-state index is 5.74. The van der Waals surface area contributed by atoms with Crippen LogP contribution in [0.3, 0.4) is 0 Å². The van der Waals surface area contributed by atoms with E-state index in [-0.39, 0.29) is 6.04 Å². The van der Waals surface area contributed by atoms with Crippen molar-refractivity contribution in [2.24, 2.45) is 11.8 Å². The van der Waals surface area contributed by atoms with Crippen LogP contribution in [0.2, 0.25) is 0 Å². The summed E-state index contributed by atoms with van der Waals surface area (Å²) in [4.78, 5) is 0. The third-order valence-corrected chi connectivity index (χ3v) is 4.01. The SMILES string of the molecule is COc1cc(C)ccc1C(CC1CCCC1)NN. The smallest absolute Gasteiger partial charge is 0.123 e. The predicted octanol–water partition coefficient (Wildman–Crippen LogP) is 3.09. The monoisotopic (exact) mass is 248 g/mol. The second-order valence-electron chi connectivity index (χ2n) is 5.35. The summed E-state index contributed by atoms with van der Waals surface area (Å²) in [5, 5.41) is 0. The Morgan fingerprint density at radius 2 is 2.11 bits per heavy atom. The lowest BCUT2D eigenvalue weighted by Crippen LogP contribution is -2.29. The van der Waals surface area contributed by atoms with Crippen molar-refractivity contribution >= 4 is 0 Å². The van der Waals surface area contributed by atoms with Crippen LogP contribution < -0.4 is 16.0 Å². The third kappa shape index (κ3) is 3.03. The van der Waals surface area contributed by atoms with E-state index in [1.54, 1.807) is 7.11 Å². The van der Waals surface area contributed by atoms with Gasteiger partial charge in [-0.2, -0.15) is 0 Å². The number of nitrogens with two attached hydrogens (primary N) is 1. The molecule has 0 aliphatic heterocycles. The predicted molar refractivity (Wildman–Crippen MR) is 74.4 cm³/mol. The van der Waals surface area contributed by atoms with E-state index in [1.165, 1.54) is 36.8 Å². The lowest BCUT2D eigenvalue weighted by Gasteiger charge is -2.22. The largest absolute Gasteiger partial charge is 0.496 e. The summed E-state index contributed by atoms with van der Waals surface area (Å²) in [5.41, 5.74) is 5.35. The van der Waals surface area contributed by atoms with E-state index in [0.717, 1.165) is 18.1 Å². The molecule has 18 heavy (non-hydrogen) atoms. The fourth-order valence-electron chi connectivity index (χ4n) is 2.97. The summed E-state index contributed by atoms with van der Waals surface area (Å²) in [6.45, 7) is 2.08. The van der Waals surface area contributed by atoms with Gasteiger partial charge in [-0.1, -0.05) is 37.8 Å². The van der Waals surface area contributed by atoms with Gasteiger partial charge in [0.15, 0.2) is 0 Å². The van der Waals surface area contributed by atoms with E-state index in [9.17, 15) is 0 Å². The second kappa shape index (κ2) is 6.21. The molecule has 3 heteroatoms. The number of nitrogens with one attached hydrogen (secondary N) is 1. The highest BCUT2D eigenvalue weighted by Crippen LogP contribution is 2.35. The van der Waals surface area contributed by atoms with E-state index in [4.69, 9.17) is 10.6 Å². The number of aryl methyl sites for hydroxylation is 1. The quantitative estimate of drug-likeness (QED) is 0.622. The standard InChI is InChI=1S/C15H24N2O/c1-11-7-8-13(15(9-11)18-2)14(17-16)10-12-5-3-4-6-12/h7-9,12,14,17H,3-6,10,16H2,1-2H3. The Bertz CT molecular complexity index is 386. The number of rotatable bonds is 5. The average molecular weight is 248 g/mol. The molecule has 1 aromatic rings. The number of methoxy groups -OCH3 is 1. The Balaban J connectivity index is 2.15. The molecule has 0 aromatic heterocycles. The van der Waals surface area contributed by atoms with E-state index < -0.39 is 0 Å². The molecule has 1 fully saturated rings. The van der Waals surface area contributed by atoms with Crippen molar-refractivity contribution in [2.45, 2.75) is 45.1 Å². The number of hydrogen-bond acceptors (Lipinski definition) is 3. The molecule has 100 valence electrons. The molecule has 1 atom stereocenters. The van der Waals surface area contributed by atoms with Gasteiger partial charge in [0.1, 0.15) is 5.75 Å². The summed E-state index contributed by atoms with van der Waals surface area (Å²) < 4.78 is 5.48. The highest BCUT2D eigenvalue weighted by atomic mass is 16.5. The van der Waals surface area contributed by atoms with Gasteiger partial charge in [0, 0.05) is 11.6 Å². The number of ether oxygens (including phenoxy) is 1. The van der Waals surface area contributed by atoms with Crippen molar-refractivity contribution in [2.75, 3.05) is 7.11 Å². The fourth-order valence-corrected chi connectivity index (χ4v) is 2.97. The van der Waals surface area contributed by atoms with Crippen LogP contribution in [0.4, 0.5) is 0 Å². The molecule has 0 heterocycles. The summed E-state index contributed by atoms with van der Waals surface area (Å²) in [7, 11) is 1.72. The van der Waals surface area contributed by atoms with E-state index in [1.807, 2.05) is 0 Å². The number of benzene rings is 1. The lowest BCUT2D eigenvalue weighted by atomic mass is 9.93. The van der Waals surface area contributed by atoms with Gasteiger partial charge in [-0.25, -0.2) is 0 Å². The summed E-state index contributed by atoms with van der Waals surface area (Å²) in [6, 6.07) is 6.53. The Morgan fingerprint density at radius 3 is 2.72 bits per heavy atom. The van der Waals surface area contributed by atoms with Gasteiger partial charge in [-0.3, -0.25) is 11.3 Å². The van der Waals surface area contributed by atoms with Crippen LogP contribution in [0, 0.1) is 12.8 Å². The molecule has 0 bridgehead atoms. The molecule has 2 rings (SSSR count). The van der Waals surface area contributed by atoms with Gasteiger partial charge in [-0.05, 0) is 30.9 Å². The lowest BCUT2D eigenvalue weighted by molar-refractivity contribution is 0.369. The highest BCUT2D eigenvalue weighted by molar-refractivity contribution is 5.39. The van der Waals surface area contributed by atoms with Crippen LogP contribution in [0.15, 0.2) is 18.2 Å². The highest BCUT2D eigenvalue weighted by Gasteiger charge is 2.22. The first-order valence-corrected chi connectivity index (χ1v) is 6.85. The molecule has 1 saturated carbocycles. The van der Waals surface area contributed by atoms with E-state index in [0.29, 0.717) is 0 Å². The van der Waals surface area contributed by atoms with Crippen LogP contribution >= 0.6 is 0 Å². The first-order valence-electron chi connectivity index (χ1n) is 6.85. The Labute approximate surface area is 110 Å². The van der Waals surface area contributed by atoms with Crippen molar-refractivity contribution in [1.82, 2.24) is 5.43 Å². The molecular weight excluding hydrogens is 224 g/mol. The Morgan fingerprint density at radius 1 is 1.39 bits per heavy atom. The molecule has 1 aliphatic carbocycles. The van der Waals surface area contributed by atoms with Crippen LogP contribution in [0.25, 0.3) is 0 Å². The molecule has 3 N–H and O–H groups in total. The van der Waals surface area contributed by atoms with Crippen LogP contribution in [-0.2, 0) is 0 Å². The first-order chi connectivity index (χ1) is 8.74. The van der Waals surface area contributed by atoms with E-state index >= 15 is 0 Å². The van der Waals surface area contributed by atoms with Crippen molar-refractivity contribution in [3.63, 3.8) is 0 Å². The average Bonchev–Trinajstić information content (AvgIpc) is 2.89. The maximum Gasteiger partial charge on any atom is 0.123 e. The molecule has 1 aromatic carbocycles. The van der Waals surface area contributed by atoms with Gasteiger partial charge in [0.2, 0.25) is 0 Å². The zero-order valence-electron chi connectivity index (χ0n) is 11.4. The normalized spacial score (nSPS) is 17.9. The number of hydrazine groups is 1. The van der Waals surface area contributed by atoms with Crippen LogP contribution in [-0.4, -0.2) is 7.11 Å². The third-order valence-electron chi connectivity index (χ3n) is 4.01. The Hall–Kier alpha value is -1.06. The van der Waals surface area contributed by atoms with Crippen molar-refractivity contribution in [3.05, 3.63) is 29.3 Å². The minimum Gasteiger partial charge on any atom is -0.496 e. The van der Waals surface area contributed by atoms with Gasteiger partial charge in [0.25, 0.3) is 0 Å². The molecule has 0 radical (unpaired) electrons. The summed E-state index contributed by atoms with van der Waals surface area (Å²) in [6.07, 6.45) is 6.52. The zero-order valence-corrected chi connectivity index (χ0v) is 11.4. The van der Waals surface area contributed by atoms with Gasteiger partial charge in [0.05, 0.1) is 7.11 Å². The van der Waals surface area contributed by atoms with E-state index in [2.05, 4.69) is 30.5 Å². The number of hydrogen-bond donors (Lipinski definition) is 2. The minimum atomic E-state index is 0.198. The molecule has 0 spiro atoms. The second-order valence-corrected chi connectivity index (χ2v) is 5.35. The van der Waals surface area contributed by atoms with Gasteiger partial charge < -0.3 is 4.74 Å². The zero-order chi connectivity index (χ0) is 13.0. The topological polar surface area (TPSA) is 47.3 Å². The van der Waals surface area contributed by atoms with Crippen LogP contribution in [0.1, 0.15) is 49.3 Å². The molecule has 1 aliphatic rings. The summed E-state index contributed by atoms with van der Waals surface area (Å²) >= 11 is 0. The van der Waals surface area contributed by atoms with Gasteiger partial charge >= 0.3 is 0 Å². The Kier molecular flexibility index (Phi) is 4.61. The molecular formula is C15H24N2O. The van der Waals surface area contributed by atoms with Crippen molar-refractivity contribution in [1.29, 1.82) is 0 Å². The maximum atomic E-state index is 5.74. The van der Waals surface area contributed by atoms with Crippen molar-refractivity contribution < 1.29 is 4.74 Å². The first kappa shape index (κ1) is 13.4.